The fourth-order valence-corrected chi connectivity index (χ4v) is 4.25. The van der Waals surface area contributed by atoms with Gasteiger partial charge in [-0.05, 0) is 11.8 Å². The first-order chi connectivity index (χ1) is 8.92. The molecular formula is C14H19Cl3OS. The Hall–Kier alpha value is 0.240. The van der Waals surface area contributed by atoms with Crippen molar-refractivity contribution in [3.63, 3.8) is 0 Å². The first kappa shape index (κ1) is 17.3. The molecule has 0 saturated carbocycles. The summed E-state index contributed by atoms with van der Waals surface area (Å²) in [6.07, 6.45) is 2.35. The quantitative estimate of drug-likeness (QED) is 0.469. The van der Waals surface area contributed by atoms with Gasteiger partial charge in [0, 0.05) is 16.7 Å². The molecule has 0 radical (unpaired) electrons. The molecule has 0 saturated heterocycles. The molecule has 1 nitrogen and oxygen atoms in total. The van der Waals surface area contributed by atoms with Crippen LogP contribution in [0, 0.1) is 11.8 Å². The Morgan fingerprint density at radius 2 is 1.74 bits per heavy atom. The van der Waals surface area contributed by atoms with Crippen LogP contribution in [0.25, 0.3) is 0 Å². The van der Waals surface area contributed by atoms with Crippen LogP contribution in [0.4, 0.5) is 0 Å². The van der Waals surface area contributed by atoms with Crippen LogP contribution < -0.4 is 0 Å². The van der Waals surface area contributed by atoms with Crippen LogP contribution in [0.1, 0.15) is 33.6 Å². The third-order valence-corrected chi connectivity index (χ3v) is 6.23. The van der Waals surface area contributed by atoms with E-state index in [9.17, 15) is 5.11 Å². The number of thioether (sulfide) groups is 1. The fourth-order valence-electron chi connectivity index (χ4n) is 2.14. The third-order valence-electron chi connectivity index (χ3n) is 3.44. The normalized spacial score (nSPS) is 13.0. The molecule has 0 aliphatic carbocycles. The van der Waals surface area contributed by atoms with E-state index in [0.717, 1.165) is 10.6 Å². The summed E-state index contributed by atoms with van der Waals surface area (Å²) in [6, 6.07) is 1.44. The molecule has 108 valence electrons. The number of rotatable bonds is 6. The van der Waals surface area contributed by atoms with Crippen molar-refractivity contribution in [2.75, 3.05) is 5.75 Å². The molecule has 5 heteroatoms. The molecule has 1 N–H and O–H groups in total. The summed E-state index contributed by atoms with van der Waals surface area (Å²) in [6.45, 7) is 6.67. The molecule has 0 amide bonds. The smallest absolute Gasteiger partial charge is 0.137 e. The molecular weight excluding hydrogens is 323 g/mol. The standard InChI is InChI=1S/C14H19Cl3OS/c1-4-9(5-2)8(3)7-19-14-10(15)6-11(18)12(16)13(14)17/h6,8-9,18H,4-5,7H2,1-3H3. The van der Waals surface area contributed by atoms with Gasteiger partial charge in [-0.1, -0.05) is 68.4 Å². The predicted octanol–water partition coefficient (Wildman–Crippen LogP) is 6.52. The second-order valence-electron chi connectivity index (χ2n) is 4.70. The summed E-state index contributed by atoms with van der Waals surface area (Å²) < 4.78 is 0. The van der Waals surface area contributed by atoms with Crippen LogP contribution in [0.2, 0.25) is 15.1 Å². The second kappa shape index (κ2) is 7.87. The summed E-state index contributed by atoms with van der Waals surface area (Å²) in [4.78, 5) is 0.754. The summed E-state index contributed by atoms with van der Waals surface area (Å²) in [5, 5.41) is 10.5. The number of benzene rings is 1. The number of hydrogen-bond donors (Lipinski definition) is 1. The van der Waals surface area contributed by atoms with Gasteiger partial charge >= 0.3 is 0 Å². The van der Waals surface area contributed by atoms with Gasteiger partial charge < -0.3 is 5.11 Å². The average Bonchev–Trinajstić information content (AvgIpc) is 2.37. The van der Waals surface area contributed by atoms with Crippen LogP contribution in [0.15, 0.2) is 11.0 Å². The molecule has 19 heavy (non-hydrogen) atoms. The Kier molecular flexibility index (Phi) is 7.17. The van der Waals surface area contributed by atoms with Crippen LogP contribution in [0.3, 0.4) is 0 Å². The minimum absolute atomic E-state index is 0.0749. The molecule has 1 aromatic carbocycles. The van der Waals surface area contributed by atoms with Crippen molar-refractivity contribution >= 4 is 46.6 Å². The summed E-state index contributed by atoms with van der Waals surface area (Å²) in [7, 11) is 0. The van der Waals surface area contributed by atoms with E-state index in [0.29, 0.717) is 21.9 Å². The number of phenols is 1. The molecule has 0 fully saturated rings. The van der Waals surface area contributed by atoms with Crippen molar-refractivity contribution in [1.29, 1.82) is 0 Å². The molecule has 0 aliphatic rings. The van der Waals surface area contributed by atoms with Crippen molar-refractivity contribution in [3.8, 4) is 5.75 Å². The average molecular weight is 342 g/mol. The minimum atomic E-state index is -0.0749. The van der Waals surface area contributed by atoms with Gasteiger partial charge in [-0.3, -0.25) is 0 Å². The Labute approximate surface area is 134 Å². The van der Waals surface area contributed by atoms with Crippen molar-refractivity contribution in [1.82, 2.24) is 0 Å². The SMILES string of the molecule is CCC(CC)C(C)CSc1c(Cl)cc(O)c(Cl)c1Cl. The Bertz CT molecular complexity index is 433. The Morgan fingerprint density at radius 1 is 1.16 bits per heavy atom. The maximum atomic E-state index is 9.54. The highest BCUT2D eigenvalue weighted by molar-refractivity contribution is 7.99. The van der Waals surface area contributed by atoms with E-state index in [4.69, 9.17) is 34.8 Å². The molecule has 1 atom stereocenters. The minimum Gasteiger partial charge on any atom is -0.506 e. The Balaban J connectivity index is 2.81. The van der Waals surface area contributed by atoms with Crippen molar-refractivity contribution in [3.05, 3.63) is 21.1 Å². The number of phenolic OH excluding ortho intramolecular Hbond substituents is 1. The zero-order valence-corrected chi connectivity index (χ0v) is 14.4. The monoisotopic (exact) mass is 340 g/mol. The van der Waals surface area contributed by atoms with Crippen LogP contribution >= 0.6 is 46.6 Å². The molecule has 1 aromatic rings. The highest BCUT2D eigenvalue weighted by Gasteiger charge is 2.18. The second-order valence-corrected chi connectivity index (χ2v) is 6.89. The summed E-state index contributed by atoms with van der Waals surface area (Å²) in [5.41, 5.74) is 0. The molecule has 1 unspecified atom stereocenters. The van der Waals surface area contributed by atoms with E-state index in [2.05, 4.69) is 20.8 Å². The van der Waals surface area contributed by atoms with Gasteiger partial charge in [0.15, 0.2) is 0 Å². The molecule has 0 aromatic heterocycles. The van der Waals surface area contributed by atoms with Crippen LogP contribution in [-0.2, 0) is 0 Å². The topological polar surface area (TPSA) is 20.2 Å². The lowest BCUT2D eigenvalue weighted by molar-refractivity contribution is 0.367. The van der Waals surface area contributed by atoms with Gasteiger partial charge in [0.1, 0.15) is 10.8 Å². The van der Waals surface area contributed by atoms with Crippen LogP contribution in [0.5, 0.6) is 5.75 Å². The van der Waals surface area contributed by atoms with Crippen molar-refractivity contribution in [2.24, 2.45) is 11.8 Å². The van der Waals surface area contributed by atoms with Gasteiger partial charge in [-0.25, -0.2) is 0 Å². The highest BCUT2D eigenvalue weighted by atomic mass is 35.5. The van der Waals surface area contributed by atoms with Crippen molar-refractivity contribution in [2.45, 2.75) is 38.5 Å². The summed E-state index contributed by atoms with van der Waals surface area (Å²) in [5.74, 6) is 2.15. The first-order valence-corrected chi connectivity index (χ1v) is 8.53. The lowest BCUT2D eigenvalue weighted by Crippen LogP contribution is -2.12. The van der Waals surface area contributed by atoms with Crippen LogP contribution in [-0.4, -0.2) is 10.9 Å². The number of halogens is 3. The molecule has 1 rings (SSSR count). The molecule has 0 bridgehead atoms. The first-order valence-electron chi connectivity index (χ1n) is 6.41. The van der Waals surface area contributed by atoms with E-state index in [1.54, 1.807) is 11.8 Å². The maximum absolute atomic E-state index is 9.54. The highest BCUT2D eigenvalue weighted by Crippen LogP contribution is 2.44. The zero-order valence-electron chi connectivity index (χ0n) is 11.3. The molecule has 0 heterocycles. The van der Waals surface area contributed by atoms with Gasteiger partial charge in [-0.2, -0.15) is 0 Å². The number of hydrogen-bond acceptors (Lipinski definition) is 2. The maximum Gasteiger partial charge on any atom is 0.137 e. The zero-order chi connectivity index (χ0) is 14.6. The van der Waals surface area contributed by atoms with Gasteiger partial charge in [0.25, 0.3) is 0 Å². The van der Waals surface area contributed by atoms with E-state index < -0.39 is 0 Å². The van der Waals surface area contributed by atoms with E-state index in [1.165, 1.54) is 18.9 Å². The predicted molar refractivity (Wildman–Crippen MR) is 87.1 cm³/mol. The van der Waals surface area contributed by atoms with E-state index >= 15 is 0 Å². The lowest BCUT2D eigenvalue weighted by Gasteiger charge is -2.21. The van der Waals surface area contributed by atoms with Gasteiger partial charge in [0.05, 0.1) is 10.0 Å². The van der Waals surface area contributed by atoms with Gasteiger partial charge in [0.2, 0.25) is 0 Å². The largest absolute Gasteiger partial charge is 0.506 e. The third kappa shape index (κ3) is 4.35. The molecule has 0 aliphatic heterocycles. The fraction of sp³-hybridized carbons (Fsp3) is 0.571. The van der Waals surface area contributed by atoms with E-state index in [1.807, 2.05) is 0 Å². The molecule has 0 spiro atoms. The van der Waals surface area contributed by atoms with Crippen molar-refractivity contribution < 1.29 is 5.11 Å². The van der Waals surface area contributed by atoms with Gasteiger partial charge in [-0.15, -0.1) is 11.8 Å². The van der Waals surface area contributed by atoms with E-state index in [-0.39, 0.29) is 10.8 Å². The Morgan fingerprint density at radius 3 is 2.26 bits per heavy atom. The summed E-state index contributed by atoms with van der Waals surface area (Å²) >= 11 is 19.8. The number of aromatic hydroxyl groups is 1. The lowest BCUT2D eigenvalue weighted by atomic mass is 9.91.